The third-order valence-electron chi connectivity index (χ3n) is 2.91. The van der Waals surface area contributed by atoms with E-state index in [-0.39, 0.29) is 16.3 Å². The highest BCUT2D eigenvalue weighted by atomic mass is 35.5. The summed E-state index contributed by atoms with van der Waals surface area (Å²) in [6.45, 7) is 0. The van der Waals surface area contributed by atoms with Crippen LogP contribution in [-0.4, -0.2) is 17.7 Å². The van der Waals surface area contributed by atoms with E-state index >= 15 is 0 Å². The lowest BCUT2D eigenvalue weighted by atomic mass is 10.1. The molecule has 0 saturated carbocycles. The van der Waals surface area contributed by atoms with Crippen molar-refractivity contribution < 1.29 is 14.4 Å². The van der Waals surface area contributed by atoms with E-state index in [1.54, 1.807) is 12.1 Å². The molecular formula is C15H13ClN4O3. The summed E-state index contributed by atoms with van der Waals surface area (Å²) in [6, 6.07) is 10.5. The molecule has 0 aliphatic carbocycles. The van der Waals surface area contributed by atoms with E-state index in [1.165, 1.54) is 30.3 Å². The summed E-state index contributed by atoms with van der Waals surface area (Å²) in [6.07, 6.45) is 0. The van der Waals surface area contributed by atoms with Gasteiger partial charge in [-0.25, -0.2) is 0 Å². The third-order valence-corrected chi connectivity index (χ3v) is 3.23. The fourth-order valence-electron chi connectivity index (χ4n) is 1.78. The Labute approximate surface area is 136 Å². The number of nitrogens with two attached hydrogens (primary N) is 2. The third kappa shape index (κ3) is 3.98. The van der Waals surface area contributed by atoms with Crippen molar-refractivity contribution in [1.29, 1.82) is 0 Å². The molecule has 0 aromatic heterocycles. The number of nitrogens with one attached hydrogen (secondary N) is 2. The molecule has 0 bridgehead atoms. The van der Waals surface area contributed by atoms with Crippen molar-refractivity contribution in [1.82, 2.24) is 0 Å². The minimum Gasteiger partial charge on any atom is -0.398 e. The van der Waals surface area contributed by atoms with Gasteiger partial charge in [0.2, 0.25) is 0 Å². The van der Waals surface area contributed by atoms with Crippen LogP contribution in [0.4, 0.5) is 17.1 Å². The highest BCUT2D eigenvalue weighted by molar-refractivity contribution is 6.44. The van der Waals surface area contributed by atoms with E-state index in [1.807, 2.05) is 0 Å². The Morgan fingerprint density at radius 3 is 2.26 bits per heavy atom. The minimum atomic E-state index is -0.952. The molecule has 23 heavy (non-hydrogen) atoms. The number of hydrogen-bond donors (Lipinski definition) is 4. The van der Waals surface area contributed by atoms with Gasteiger partial charge >= 0.3 is 11.8 Å². The maximum absolute atomic E-state index is 11.9. The minimum absolute atomic E-state index is 0.101. The summed E-state index contributed by atoms with van der Waals surface area (Å²) >= 11 is 5.83. The van der Waals surface area contributed by atoms with Crippen LogP contribution in [0.1, 0.15) is 10.4 Å². The average Bonchev–Trinajstić information content (AvgIpc) is 2.51. The lowest BCUT2D eigenvalue weighted by molar-refractivity contribution is -0.133. The van der Waals surface area contributed by atoms with Crippen molar-refractivity contribution in [2.24, 2.45) is 5.73 Å². The van der Waals surface area contributed by atoms with Crippen LogP contribution in [0.25, 0.3) is 0 Å². The second-order valence-electron chi connectivity index (χ2n) is 4.55. The zero-order valence-corrected chi connectivity index (χ0v) is 12.6. The monoisotopic (exact) mass is 332 g/mol. The van der Waals surface area contributed by atoms with E-state index in [4.69, 9.17) is 23.1 Å². The topological polar surface area (TPSA) is 127 Å². The molecule has 3 amide bonds. The molecule has 0 aliphatic heterocycles. The van der Waals surface area contributed by atoms with Crippen LogP contribution in [0.5, 0.6) is 0 Å². The molecule has 0 unspecified atom stereocenters. The molecule has 0 saturated heterocycles. The molecule has 2 aromatic carbocycles. The number of carbonyl (C=O) groups excluding carboxylic acids is 3. The largest absolute Gasteiger partial charge is 0.398 e. The molecule has 2 aromatic rings. The number of nitrogen functional groups attached to an aromatic ring is 1. The number of halogens is 1. The first kappa shape index (κ1) is 16.3. The van der Waals surface area contributed by atoms with Crippen LogP contribution in [0, 0.1) is 0 Å². The summed E-state index contributed by atoms with van der Waals surface area (Å²) in [7, 11) is 0. The van der Waals surface area contributed by atoms with Gasteiger partial charge in [0.05, 0.1) is 22.0 Å². The number of benzene rings is 2. The Kier molecular flexibility index (Phi) is 4.82. The van der Waals surface area contributed by atoms with Gasteiger partial charge in [-0.2, -0.15) is 0 Å². The van der Waals surface area contributed by atoms with Crippen LogP contribution < -0.4 is 22.1 Å². The van der Waals surface area contributed by atoms with Gasteiger partial charge in [0.25, 0.3) is 5.91 Å². The Morgan fingerprint density at radius 1 is 0.957 bits per heavy atom. The predicted molar refractivity (Wildman–Crippen MR) is 88.1 cm³/mol. The van der Waals surface area contributed by atoms with Gasteiger partial charge in [-0.3, -0.25) is 14.4 Å². The molecule has 118 valence electrons. The van der Waals surface area contributed by atoms with Gasteiger partial charge in [-0.15, -0.1) is 0 Å². The first-order valence-corrected chi connectivity index (χ1v) is 6.82. The Balaban J connectivity index is 2.10. The van der Waals surface area contributed by atoms with Crippen molar-refractivity contribution in [2.75, 3.05) is 16.4 Å². The lowest BCUT2D eigenvalue weighted by Gasteiger charge is -2.09. The molecule has 0 aliphatic rings. The molecular weight excluding hydrogens is 320 g/mol. The molecule has 2 rings (SSSR count). The van der Waals surface area contributed by atoms with Gasteiger partial charge in [-0.1, -0.05) is 23.7 Å². The predicted octanol–water partition coefficient (Wildman–Crippen LogP) is 1.60. The van der Waals surface area contributed by atoms with Crippen molar-refractivity contribution in [3.8, 4) is 0 Å². The summed E-state index contributed by atoms with van der Waals surface area (Å²) in [5.41, 5.74) is 11.7. The zero-order chi connectivity index (χ0) is 17.0. The van der Waals surface area contributed by atoms with Crippen LogP contribution in [0.2, 0.25) is 5.02 Å². The highest BCUT2D eigenvalue weighted by Crippen LogP contribution is 2.22. The highest BCUT2D eigenvalue weighted by Gasteiger charge is 2.17. The zero-order valence-electron chi connectivity index (χ0n) is 11.8. The van der Waals surface area contributed by atoms with Crippen LogP contribution >= 0.6 is 11.6 Å². The second kappa shape index (κ2) is 6.80. The Bertz CT molecular complexity index is 792. The number of hydrogen-bond acceptors (Lipinski definition) is 4. The molecule has 0 fully saturated rings. The molecule has 0 radical (unpaired) electrons. The van der Waals surface area contributed by atoms with E-state index < -0.39 is 17.7 Å². The first-order chi connectivity index (χ1) is 10.9. The van der Waals surface area contributed by atoms with Crippen molar-refractivity contribution in [3.05, 3.63) is 53.1 Å². The van der Waals surface area contributed by atoms with E-state index in [0.717, 1.165) is 0 Å². The normalized spacial score (nSPS) is 9.96. The second-order valence-corrected chi connectivity index (χ2v) is 4.96. The van der Waals surface area contributed by atoms with E-state index in [9.17, 15) is 14.4 Å². The molecule has 0 heterocycles. The standard InChI is InChI=1S/C15H13ClN4O3/c16-10-7-8(5-6-11(10)17)19-14(22)15(23)20-12-4-2-1-3-9(12)13(18)21/h1-7H,17H2,(H2,18,21)(H,19,22)(H,20,23). The number of rotatable bonds is 3. The van der Waals surface area contributed by atoms with E-state index in [2.05, 4.69) is 10.6 Å². The van der Waals surface area contributed by atoms with Crippen molar-refractivity contribution in [3.63, 3.8) is 0 Å². The lowest BCUT2D eigenvalue weighted by Crippen LogP contribution is -2.30. The fourth-order valence-corrected chi connectivity index (χ4v) is 1.96. The number of para-hydroxylation sites is 1. The molecule has 8 heteroatoms. The molecule has 7 nitrogen and oxygen atoms in total. The average molecular weight is 333 g/mol. The first-order valence-electron chi connectivity index (χ1n) is 6.44. The fraction of sp³-hybridized carbons (Fsp3) is 0. The van der Waals surface area contributed by atoms with Gasteiger partial charge in [0.15, 0.2) is 0 Å². The van der Waals surface area contributed by atoms with Crippen molar-refractivity contribution in [2.45, 2.75) is 0 Å². The van der Waals surface area contributed by atoms with Crippen LogP contribution in [0.3, 0.4) is 0 Å². The smallest absolute Gasteiger partial charge is 0.314 e. The van der Waals surface area contributed by atoms with Crippen molar-refractivity contribution >= 4 is 46.4 Å². The SMILES string of the molecule is NC(=O)c1ccccc1NC(=O)C(=O)Nc1ccc(N)c(Cl)c1. The van der Waals surface area contributed by atoms with E-state index in [0.29, 0.717) is 11.4 Å². The molecule has 6 N–H and O–H groups in total. The molecule has 0 spiro atoms. The number of anilines is 3. The number of amides is 3. The van der Waals surface area contributed by atoms with Crippen LogP contribution in [0.15, 0.2) is 42.5 Å². The maximum Gasteiger partial charge on any atom is 0.314 e. The van der Waals surface area contributed by atoms with Gasteiger partial charge < -0.3 is 22.1 Å². The molecule has 0 atom stereocenters. The number of carbonyl (C=O) groups is 3. The maximum atomic E-state index is 11.9. The quantitative estimate of drug-likeness (QED) is 0.502. The van der Waals surface area contributed by atoms with Gasteiger partial charge in [-0.05, 0) is 30.3 Å². The van der Waals surface area contributed by atoms with Gasteiger partial charge in [0.1, 0.15) is 0 Å². The summed E-state index contributed by atoms with van der Waals surface area (Å²) in [5.74, 6) is -2.59. The summed E-state index contributed by atoms with van der Waals surface area (Å²) < 4.78 is 0. The Hall–Kier alpha value is -3.06. The summed E-state index contributed by atoms with van der Waals surface area (Å²) in [5, 5.41) is 4.95. The Morgan fingerprint density at radius 2 is 1.61 bits per heavy atom. The van der Waals surface area contributed by atoms with Crippen LogP contribution in [-0.2, 0) is 9.59 Å². The summed E-state index contributed by atoms with van der Waals surface area (Å²) in [4.78, 5) is 35.1. The van der Waals surface area contributed by atoms with Gasteiger partial charge in [0, 0.05) is 5.69 Å². The number of primary amides is 1.